The molecule has 0 amide bonds. The molecule has 0 aliphatic heterocycles. The number of hydrogen-bond donors (Lipinski definition) is 1. The van der Waals surface area contributed by atoms with Crippen molar-refractivity contribution in [2.75, 3.05) is 12.8 Å². The van der Waals surface area contributed by atoms with Crippen molar-refractivity contribution in [2.45, 2.75) is 0 Å². The first-order valence-electron chi connectivity index (χ1n) is 5.22. The van der Waals surface area contributed by atoms with Crippen molar-refractivity contribution in [1.82, 2.24) is 4.98 Å². The minimum atomic E-state index is -0.261. The summed E-state index contributed by atoms with van der Waals surface area (Å²) in [5.74, 6) is 0.181. The third-order valence-electron chi connectivity index (χ3n) is 2.47. The van der Waals surface area contributed by atoms with Crippen LogP contribution in [0.2, 0.25) is 5.02 Å². The Morgan fingerprint density at radius 3 is 2.83 bits per heavy atom. The van der Waals surface area contributed by atoms with Crippen LogP contribution in [0.5, 0.6) is 5.75 Å². The van der Waals surface area contributed by atoms with E-state index >= 15 is 0 Å². The highest BCUT2D eigenvalue weighted by molar-refractivity contribution is 6.32. The molecule has 4 nitrogen and oxygen atoms in total. The number of nitrogens with zero attached hydrogens (tertiary/aromatic N) is 1. The predicted octanol–water partition coefficient (Wildman–Crippen LogP) is 2.56. The van der Waals surface area contributed by atoms with Gasteiger partial charge in [0, 0.05) is 11.8 Å². The molecule has 0 saturated heterocycles. The maximum absolute atomic E-state index is 12.2. The number of nitrogens with two attached hydrogens (primary N) is 1. The number of ether oxygens (including phenoxy) is 1. The van der Waals surface area contributed by atoms with Crippen molar-refractivity contribution in [1.29, 1.82) is 0 Å². The number of anilines is 1. The normalized spacial score (nSPS) is 10.1. The Morgan fingerprint density at radius 2 is 2.17 bits per heavy atom. The zero-order valence-electron chi connectivity index (χ0n) is 9.68. The minimum absolute atomic E-state index is 0.224. The predicted molar refractivity (Wildman–Crippen MR) is 70.1 cm³/mol. The van der Waals surface area contributed by atoms with E-state index in [1.165, 1.54) is 13.3 Å². The van der Waals surface area contributed by atoms with E-state index in [9.17, 15) is 4.79 Å². The SMILES string of the molecule is COc1cc(C(=O)c2ncccc2N)ccc1Cl. The summed E-state index contributed by atoms with van der Waals surface area (Å²) in [5, 5.41) is 0.447. The van der Waals surface area contributed by atoms with E-state index in [4.69, 9.17) is 22.1 Å². The summed E-state index contributed by atoms with van der Waals surface area (Å²) < 4.78 is 5.07. The van der Waals surface area contributed by atoms with Crippen LogP contribution in [0.4, 0.5) is 5.69 Å². The van der Waals surface area contributed by atoms with E-state index in [2.05, 4.69) is 4.98 Å². The van der Waals surface area contributed by atoms with E-state index in [0.29, 0.717) is 22.0 Å². The molecule has 0 atom stereocenters. The largest absolute Gasteiger partial charge is 0.495 e. The zero-order chi connectivity index (χ0) is 13.1. The van der Waals surface area contributed by atoms with Gasteiger partial charge in [-0.3, -0.25) is 9.78 Å². The third-order valence-corrected chi connectivity index (χ3v) is 2.78. The van der Waals surface area contributed by atoms with Gasteiger partial charge in [-0.2, -0.15) is 0 Å². The molecule has 0 bridgehead atoms. The zero-order valence-corrected chi connectivity index (χ0v) is 10.4. The molecule has 18 heavy (non-hydrogen) atoms. The quantitative estimate of drug-likeness (QED) is 0.864. The third kappa shape index (κ3) is 2.28. The molecular formula is C13H11ClN2O2. The number of carbonyl (C=O) groups excluding carboxylic acids is 1. The maximum atomic E-state index is 12.2. The van der Waals surface area contributed by atoms with Gasteiger partial charge < -0.3 is 10.5 Å². The van der Waals surface area contributed by atoms with Crippen LogP contribution in [-0.2, 0) is 0 Å². The van der Waals surface area contributed by atoms with Gasteiger partial charge in [-0.25, -0.2) is 0 Å². The molecule has 0 fully saturated rings. The molecule has 0 aliphatic carbocycles. The summed E-state index contributed by atoms with van der Waals surface area (Å²) in [6.07, 6.45) is 1.52. The van der Waals surface area contributed by atoms with Crippen LogP contribution in [0, 0.1) is 0 Å². The van der Waals surface area contributed by atoms with Crippen LogP contribution < -0.4 is 10.5 Å². The molecule has 0 spiro atoms. The first kappa shape index (κ1) is 12.4. The van der Waals surface area contributed by atoms with Gasteiger partial charge in [-0.1, -0.05) is 11.6 Å². The Hall–Kier alpha value is -2.07. The highest BCUT2D eigenvalue weighted by Crippen LogP contribution is 2.26. The molecule has 0 aliphatic rings. The average molecular weight is 263 g/mol. The van der Waals surface area contributed by atoms with Crippen molar-refractivity contribution in [3.05, 3.63) is 52.8 Å². The highest BCUT2D eigenvalue weighted by Gasteiger charge is 2.15. The maximum Gasteiger partial charge on any atom is 0.213 e. The molecule has 2 aromatic rings. The molecule has 0 unspecified atom stereocenters. The number of halogens is 1. The van der Waals surface area contributed by atoms with Gasteiger partial charge in [-0.05, 0) is 30.3 Å². The molecule has 0 saturated carbocycles. The number of pyridine rings is 1. The van der Waals surface area contributed by atoms with Crippen molar-refractivity contribution in [2.24, 2.45) is 0 Å². The van der Waals surface area contributed by atoms with E-state index in [0.717, 1.165) is 0 Å². The lowest BCUT2D eigenvalue weighted by molar-refractivity contribution is 0.103. The molecule has 2 rings (SSSR count). The molecule has 0 radical (unpaired) electrons. The standard InChI is InChI=1S/C13H11ClN2O2/c1-18-11-7-8(4-5-9(11)14)13(17)12-10(15)3-2-6-16-12/h2-7H,15H2,1H3. The van der Waals surface area contributed by atoms with Crippen molar-refractivity contribution in [3.8, 4) is 5.75 Å². The first-order valence-corrected chi connectivity index (χ1v) is 5.60. The number of nitrogen functional groups attached to an aromatic ring is 1. The summed E-state index contributed by atoms with van der Waals surface area (Å²) >= 11 is 5.90. The van der Waals surface area contributed by atoms with Gasteiger partial charge in [0.1, 0.15) is 11.4 Å². The number of aromatic nitrogens is 1. The van der Waals surface area contributed by atoms with Crippen LogP contribution >= 0.6 is 11.6 Å². The van der Waals surface area contributed by atoms with Crippen LogP contribution in [0.15, 0.2) is 36.5 Å². The van der Waals surface area contributed by atoms with Gasteiger partial charge in [0.2, 0.25) is 5.78 Å². The molecule has 1 heterocycles. The minimum Gasteiger partial charge on any atom is -0.495 e. The number of ketones is 1. The van der Waals surface area contributed by atoms with E-state index in [1.54, 1.807) is 30.3 Å². The van der Waals surface area contributed by atoms with Crippen LogP contribution in [0.3, 0.4) is 0 Å². The van der Waals surface area contributed by atoms with Crippen molar-refractivity contribution in [3.63, 3.8) is 0 Å². The van der Waals surface area contributed by atoms with Crippen LogP contribution in [0.1, 0.15) is 16.1 Å². The van der Waals surface area contributed by atoms with Crippen molar-refractivity contribution < 1.29 is 9.53 Å². The number of rotatable bonds is 3. The highest BCUT2D eigenvalue weighted by atomic mass is 35.5. The summed E-state index contributed by atoms with van der Waals surface area (Å²) in [6, 6.07) is 8.09. The van der Waals surface area contributed by atoms with E-state index in [1.807, 2.05) is 0 Å². The number of methoxy groups -OCH3 is 1. The van der Waals surface area contributed by atoms with Gasteiger partial charge in [0.05, 0.1) is 17.8 Å². The second-order valence-corrected chi connectivity index (χ2v) is 4.03. The fourth-order valence-corrected chi connectivity index (χ4v) is 1.74. The first-order chi connectivity index (χ1) is 8.63. The average Bonchev–Trinajstić information content (AvgIpc) is 2.39. The fourth-order valence-electron chi connectivity index (χ4n) is 1.55. The summed E-state index contributed by atoms with van der Waals surface area (Å²) in [4.78, 5) is 16.2. The van der Waals surface area contributed by atoms with Crippen LogP contribution in [0.25, 0.3) is 0 Å². The lowest BCUT2D eigenvalue weighted by Gasteiger charge is -2.06. The molecular weight excluding hydrogens is 252 g/mol. The molecule has 1 aromatic carbocycles. The van der Waals surface area contributed by atoms with Gasteiger partial charge >= 0.3 is 0 Å². The number of carbonyl (C=O) groups is 1. The van der Waals surface area contributed by atoms with Crippen molar-refractivity contribution >= 4 is 23.1 Å². The molecule has 92 valence electrons. The summed E-state index contributed by atoms with van der Waals surface area (Å²) in [6.45, 7) is 0. The summed E-state index contributed by atoms with van der Waals surface area (Å²) in [7, 11) is 1.49. The van der Waals surface area contributed by atoms with E-state index < -0.39 is 0 Å². The van der Waals surface area contributed by atoms with Gasteiger partial charge in [-0.15, -0.1) is 0 Å². The van der Waals surface area contributed by atoms with Crippen LogP contribution in [-0.4, -0.2) is 17.9 Å². The molecule has 5 heteroatoms. The van der Waals surface area contributed by atoms with Gasteiger partial charge in [0.25, 0.3) is 0 Å². The van der Waals surface area contributed by atoms with E-state index in [-0.39, 0.29) is 11.5 Å². The smallest absolute Gasteiger partial charge is 0.213 e. The Labute approximate surface area is 109 Å². The molecule has 2 N–H and O–H groups in total. The topological polar surface area (TPSA) is 65.2 Å². The lowest BCUT2D eigenvalue weighted by atomic mass is 10.1. The second kappa shape index (κ2) is 5.06. The Balaban J connectivity index is 2.44. The van der Waals surface area contributed by atoms with Gasteiger partial charge in [0.15, 0.2) is 0 Å². The number of hydrogen-bond acceptors (Lipinski definition) is 4. The second-order valence-electron chi connectivity index (χ2n) is 3.62. The molecule has 1 aromatic heterocycles. The Morgan fingerprint density at radius 1 is 1.39 bits per heavy atom. The monoisotopic (exact) mass is 262 g/mol. The lowest BCUT2D eigenvalue weighted by Crippen LogP contribution is -2.07. The Bertz CT molecular complexity index is 599. The Kier molecular flexibility index (Phi) is 3.48. The number of benzene rings is 1. The fraction of sp³-hybridized carbons (Fsp3) is 0.0769. The summed E-state index contributed by atoms with van der Waals surface area (Å²) in [5.41, 5.74) is 6.72.